The van der Waals surface area contributed by atoms with Crippen LogP contribution in [0.4, 0.5) is 0 Å². The minimum Gasteiger partial charge on any atom is -0.492 e. The molecule has 0 spiro atoms. The Bertz CT molecular complexity index is 549. The quantitative estimate of drug-likeness (QED) is 0.257. The third-order valence-electron chi connectivity index (χ3n) is 3.86. The fourth-order valence-electron chi connectivity index (χ4n) is 2.30. The number of rotatable bonds is 8. The van der Waals surface area contributed by atoms with Gasteiger partial charge in [-0.1, -0.05) is 18.2 Å². The monoisotopic (exact) mass is 476 g/mol. The number of aliphatic imine (C=N–C) groups is 1. The summed E-state index contributed by atoms with van der Waals surface area (Å²) >= 11 is 0. The van der Waals surface area contributed by atoms with Gasteiger partial charge in [-0.25, -0.2) is 4.99 Å². The molecule has 2 rings (SSSR count). The van der Waals surface area contributed by atoms with Crippen LogP contribution in [0.25, 0.3) is 0 Å². The Morgan fingerprint density at radius 1 is 1.31 bits per heavy atom. The molecule has 1 aromatic carbocycles. The Morgan fingerprint density at radius 2 is 2.08 bits per heavy atom. The molecule has 1 heterocycles. The van der Waals surface area contributed by atoms with E-state index in [4.69, 9.17) is 9.47 Å². The molecule has 0 saturated carbocycles. The predicted molar refractivity (Wildman–Crippen MR) is 113 cm³/mol. The van der Waals surface area contributed by atoms with Gasteiger partial charge in [0.15, 0.2) is 5.96 Å². The molecule has 0 aromatic heterocycles. The zero-order valence-electron chi connectivity index (χ0n) is 15.4. The first-order valence-corrected chi connectivity index (χ1v) is 8.63. The van der Waals surface area contributed by atoms with Crippen molar-refractivity contribution in [2.45, 2.75) is 6.42 Å². The number of amides is 1. The highest BCUT2D eigenvalue weighted by atomic mass is 127. The maximum absolute atomic E-state index is 11.7. The number of nitrogens with zero attached hydrogens (tertiary/aromatic N) is 2. The summed E-state index contributed by atoms with van der Waals surface area (Å²) in [4.78, 5) is 17.6. The Hall–Kier alpha value is -1.55. The zero-order chi connectivity index (χ0) is 17.9. The maximum Gasteiger partial charge on any atom is 0.243 e. The van der Waals surface area contributed by atoms with Crippen LogP contribution in [0.3, 0.4) is 0 Å². The Labute approximate surface area is 172 Å². The summed E-state index contributed by atoms with van der Waals surface area (Å²) in [6, 6.07) is 9.67. The van der Waals surface area contributed by atoms with E-state index >= 15 is 0 Å². The average Bonchev–Trinajstić information content (AvgIpc) is 3.14. The highest BCUT2D eigenvalue weighted by Crippen LogP contribution is 2.10. The minimum atomic E-state index is -0.0363. The van der Waals surface area contributed by atoms with Gasteiger partial charge in [-0.15, -0.1) is 24.0 Å². The number of likely N-dealkylation sites (N-methyl/N-ethyl adjacent to an activating group) is 1. The number of hydrogen-bond acceptors (Lipinski definition) is 4. The van der Waals surface area contributed by atoms with Gasteiger partial charge >= 0.3 is 0 Å². The van der Waals surface area contributed by atoms with Crippen molar-refractivity contribution in [3.63, 3.8) is 0 Å². The van der Waals surface area contributed by atoms with Gasteiger partial charge in [0.2, 0.25) is 5.91 Å². The number of hydrogen-bond donors (Lipinski definition) is 2. The van der Waals surface area contributed by atoms with Crippen LogP contribution in [-0.2, 0) is 9.53 Å². The minimum absolute atomic E-state index is 0. The lowest BCUT2D eigenvalue weighted by Crippen LogP contribution is -2.42. The van der Waals surface area contributed by atoms with Gasteiger partial charge < -0.3 is 25.0 Å². The summed E-state index contributed by atoms with van der Waals surface area (Å²) in [6.45, 7) is 3.59. The SMILES string of the molecule is CN(C)C(=O)CN=C(NCCOc1ccccc1)NCC1CCOC1.I. The number of benzene rings is 1. The highest BCUT2D eigenvalue weighted by Gasteiger charge is 2.16. The van der Waals surface area contributed by atoms with E-state index in [1.165, 1.54) is 4.90 Å². The van der Waals surface area contributed by atoms with Crippen molar-refractivity contribution in [3.05, 3.63) is 30.3 Å². The van der Waals surface area contributed by atoms with E-state index < -0.39 is 0 Å². The van der Waals surface area contributed by atoms with Crippen LogP contribution in [0.1, 0.15) is 6.42 Å². The first-order chi connectivity index (χ1) is 12.1. The van der Waals surface area contributed by atoms with Crippen LogP contribution in [0.2, 0.25) is 0 Å². The third-order valence-corrected chi connectivity index (χ3v) is 3.86. The third kappa shape index (κ3) is 8.70. The molecule has 1 atom stereocenters. The topological polar surface area (TPSA) is 75.2 Å². The second-order valence-corrected chi connectivity index (χ2v) is 6.15. The van der Waals surface area contributed by atoms with Crippen molar-refractivity contribution < 1.29 is 14.3 Å². The second kappa shape index (κ2) is 12.7. The fourth-order valence-corrected chi connectivity index (χ4v) is 2.30. The summed E-state index contributed by atoms with van der Waals surface area (Å²) < 4.78 is 11.0. The lowest BCUT2D eigenvalue weighted by Gasteiger charge is -2.16. The van der Waals surface area contributed by atoms with E-state index in [1.54, 1.807) is 14.1 Å². The molecule has 1 aromatic rings. The van der Waals surface area contributed by atoms with E-state index in [1.807, 2.05) is 30.3 Å². The van der Waals surface area contributed by atoms with Crippen LogP contribution in [0.15, 0.2) is 35.3 Å². The van der Waals surface area contributed by atoms with Crippen LogP contribution >= 0.6 is 24.0 Å². The van der Waals surface area contributed by atoms with Crippen molar-refractivity contribution >= 4 is 35.8 Å². The van der Waals surface area contributed by atoms with Crippen LogP contribution < -0.4 is 15.4 Å². The van der Waals surface area contributed by atoms with Gasteiger partial charge in [-0.3, -0.25) is 4.79 Å². The number of carbonyl (C=O) groups is 1. The Balaban J connectivity index is 0.00000338. The zero-order valence-corrected chi connectivity index (χ0v) is 17.8. The van der Waals surface area contributed by atoms with E-state index in [9.17, 15) is 4.79 Å². The van der Waals surface area contributed by atoms with Crippen LogP contribution in [0.5, 0.6) is 5.75 Å². The van der Waals surface area contributed by atoms with Gasteiger partial charge in [-0.05, 0) is 18.6 Å². The van der Waals surface area contributed by atoms with Crippen molar-refractivity contribution in [1.82, 2.24) is 15.5 Å². The van der Waals surface area contributed by atoms with Crippen molar-refractivity contribution in [2.75, 3.05) is 53.6 Å². The standard InChI is InChI=1S/C18H28N4O3.HI/c1-22(2)17(23)13-21-18(20-12-15-8-10-24-14-15)19-9-11-25-16-6-4-3-5-7-16;/h3-7,15H,8-14H2,1-2H3,(H2,19,20,21);1H. The maximum atomic E-state index is 11.7. The van der Waals surface area contributed by atoms with Gasteiger partial charge in [0, 0.05) is 33.2 Å². The van der Waals surface area contributed by atoms with Gasteiger partial charge in [-0.2, -0.15) is 0 Å². The van der Waals surface area contributed by atoms with Gasteiger partial charge in [0.05, 0.1) is 13.2 Å². The fraction of sp³-hybridized carbons (Fsp3) is 0.556. The van der Waals surface area contributed by atoms with Gasteiger partial charge in [0.25, 0.3) is 0 Å². The number of para-hydroxylation sites is 1. The number of ether oxygens (including phenoxy) is 2. The van der Waals surface area contributed by atoms with Crippen LogP contribution in [-0.4, -0.2) is 70.3 Å². The number of nitrogens with one attached hydrogen (secondary N) is 2. The molecule has 1 saturated heterocycles. The van der Waals surface area contributed by atoms with E-state index in [-0.39, 0.29) is 36.4 Å². The Kier molecular flexibility index (Phi) is 11.0. The highest BCUT2D eigenvalue weighted by molar-refractivity contribution is 14.0. The normalized spacial score (nSPS) is 16.5. The van der Waals surface area contributed by atoms with Gasteiger partial charge in [0.1, 0.15) is 18.9 Å². The molecular formula is C18H29IN4O3. The lowest BCUT2D eigenvalue weighted by atomic mass is 10.1. The Morgan fingerprint density at radius 3 is 2.73 bits per heavy atom. The van der Waals surface area contributed by atoms with E-state index in [2.05, 4.69) is 15.6 Å². The second-order valence-electron chi connectivity index (χ2n) is 6.15. The molecule has 26 heavy (non-hydrogen) atoms. The molecule has 7 nitrogen and oxygen atoms in total. The summed E-state index contributed by atoms with van der Waals surface area (Å²) in [6.07, 6.45) is 1.05. The molecule has 1 unspecified atom stereocenters. The molecule has 8 heteroatoms. The number of carbonyl (C=O) groups excluding carboxylic acids is 1. The van der Waals surface area contributed by atoms with Crippen molar-refractivity contribution in [3.8, 4) is 5.75 Å². The summed E-state index contributed by atoms with van der Waals surface area (Å²) in [5.41, 5.74) is 0. The van der Waals surface area contributed by atoms with Crippen molar-refractivity contribution in [1.29, 1.82) is 0 Å². The first-order valence-electron chi connectivity index (χ1n) is 8.63. The van der Waals surface area contributed by atoms with Crippen molar-refractivity contribution in [2.24, 2.45) is 10.9 Å². The molecule has 2 N–H and O–H groups in total. The molecule has 146 valence electrons. The summed E-state index contributed by atoms with van der Waals surface area (Å²) in [7, 11) is 3.45. The summed E-state index contributed by atoms with van der Waals surface area (Å²) in [5.74, 6) is 1.91. The van der Waals surface area contributed by atoms with E-state index in [0.29, 0.717) is 25.0 Å². The molecule has 0 bridgehead atoms. The average molecular weight is 476 g/mol. The molecule has 1 fully saturated rings. The molecule has 0 radical (unpaired) electrons. The number of guanidine groups is 1. The largest absolute Gasteiger partial charge is 0.492 e. The number of halogens is 1. The lowest BCUT2D eigenvalue weighted by molar-refractivity contribution is -0.127. The molecule has 1 aliphatic rings. The van der Waals surface area contributed by atoms with E-state index in [0.717, 1.165) is 31.9 Å². The molecule has 1 amide bonds. The smallest absolute Gasteiger partial charge is 0.243 e. The first kappa shape index (κ1) is 22.5. The summed E-state index contributed by atoms with van der Waals surface area (Å²) in [5, 5.41) is 6.50. The molecule has 0 aliphatic carbocycles. The predicted octanol–water partition coefficient (Wildman–Crippen LogP) is 1.34. The van der Waals surface area contributed by atoms with Crippen LogP contribution in [0, 0.1) is 5.92 Å². The molecule has 1 aliphatic heterocycles. The molecular weight excluding hydrogens is 447 g/mol.